The van der Waals surface area contributed by atoms with Gasteiger partial charge in [0.15, 0.2) is 0 Å². The molecule has 0 aliphatic heterocycles. The van der Waals surface area contributed by atoms with Gasteiger partial charge in [-0.15, -0.1) is 0 Å². The highest BCUT2D eigenvalue weighted by Crippen LogP contribution is 2.31. The summed E-state index contributed by atoms with van der Waals surface area (Å²) in [6.45, 7) is 6.30. The van der Waals surface area contributed by atoms with Crippen molar-refractivity contribution in [2.75, 3.05) is 12.3 Å². The molecule has 0 fully saturated rings. The fourth-order valence-electron chi connectivity index (χ4n) is 2.08. The van der Waals surface area contributed by atoms with Crippen LogP contribution in [0.5, 0.6) is 5.75 Å². The van der Waals surface area contributed by atoms with Gasteiger partial charge in [-0.3, -0.25) is 0 Å². The minimum Gasteiger partial charge on any atom is -0.492 e. The van der Waals surface area contributed by atoms with Gasteiger partial charge in [-0.25, -0.2) is 0 Å². The van der Waals surface area contributed by atoms with Gasteiger partial charge in [0.2, 0.25) is 0 Å². The first-order chi connectivity index (χ1) is 10.2. The first kappa shape index (κ1) is 15.2. The first-order valence-corrected chi connectivity index (χ1v) is 7.15. The summed E-state index contributed by atoms with van der Waals surface area (Å²) >= 11 is 6.27. The predicted molar refractivity (Wildman–Crippen MR) is 90.8 cm³/mol. The quantitative estimate of drug-likeness (QED) is 0.627. The number of rotatable bonds is 5. The van der Waals surface area contributed by atoms with Crippen LogP contribution in [0.4, 0.5) is 5.69 Å². The molecule has 0 aliphatic rings. The summed E-state index contributed by atoms with van der Waals surface area (Å²) < 4.78 is 5.46. The Hall–Kier alpha value is -2.19. The van der Waals surface area contributed by atoms with Crippen LogP contribution in [0.2, 0.25) is 5.02 Å². The fourth-order valence-corrected chi connectivity index (χ4v) is 2.32. The highest BCUT2D eigenvalue weighted by atomic mass is 35.5. The van der Waals surface area contributed by atoms with Crippen molar-refractivity contribution in [1.29, 1.82) is 0 Å². The smallest absolute Gasteiger partial charge is 0.137 e. The van der Waals surface area contributed by atoms with Gasteiger partial charge in [0, 0.05) is 5.69 Å². The molecule has 0 spiro atoms. The van der Waals surface area contributed by atoms with Crippen LogP contribution in [0.15, 0.2) is 61.2 Å². The van der Waals surface area contributed by atoms with Crippen molar-refractivity contribution in [3.05, 3.63) is 77.3 Å². The molecule has 0 heterocycles. The van der Waals surface area contributed by atoms with Gasteiger partial charge in [0.1, 0.15) is 5.75 Å². The molecule has 2 aromatic carbocycles. The average molecular weight is 300 g/mol. The zero-order chi connectivity index (χ0) is 15.2. The van der Waals surface area contributed by atoms with Crippen molar-refractivity contribution in [3.63, 3.8) is 0 Å². The lowest BCUT2D eigenvalue weighted by atomic mass is 9.97. The predicted octanol–water partition coefficient (Wildman–Crippen LogP) is 4.94. The van der Waals surface area contributed by atoms with Crippen molar-refractivity contribution >= 4 is 22.9 Å². The third kappa shape index (κ3) is 3.67. The Bertz CT molecular complexity index is 659. The topological polar surface area (TPSA) is 35.2 Å². The SMILES string of the molecule is C=CC=C(c1ccc(N)cc1)c1ccc(OCC)c(Cl)c1. The second kappa shape index (κ2) is 7.00. The number of anilines is 1. The maximum absolute atomic E-state index is 6.27. The highest BCUT2D eigenvalue weighted by molar-refractivity contribution is 6.32. The second-order valence-corrected chi connectivity index (χ2v) is 4.92. The van der Waals surface area contributed by atoms with Gasteiger partial charge >= 0.3 is 0 Å². The maximum atomic E-state index is 6.27. The summed E-state index contributed by atoms with van der Waals surface area (Å²) in [6, 6.07) is 13.5. The lowest BCUT2D eigenvalue weighted by Crippen LogP contribution is -1.94. The summed E-state index contributed by atoms with van der Waals surface area (Å²) in [7, 11) is 0. The molecule has 2 N–H and O–H groups in total. The molecule has 0 aromatic heterocycles. The van der Waals surface area contributed by atoms with Crippen LogP contribution in [-0.4, -0.2) is 6.61 Å². The van der Waals surface area contributed by atoms with E-state index in [-0.39, 0.29) is 0 Å². The minimum absolute atomic E-state index is 0.590. The average Bonchev–Trinajstić information content (AvgIpc) is 2.48. The fraction of sp³-hybridized carbons (Fsp3) is 0.111. The third-order valence-corrected chi connectivity index (χ3v) is 3.34. The van der Waals surface area contributed by atoms with Gasteiger partial charge in [0.25, 0.3) is 0 Å². The Kier molecular flexibility index (Phi) is 5.07. The monoisotopic (exact) mass is 299 g/mol. The van der Waals surface area contributed by atoms with Crippen LogP contribution in [0.1, 0.15) is 18.1 Å². The standard InChI is InChI=1S/C18H18ClNO/c1-3-5-16(13-6-9-15(20)10-7-13)14-8-11-18(21-4-2)17(19)12-14/h3,5-12H,1,4,20H2,2H3. The van der Waals surface area contributed by atoms with Crippen molar-refractivity contribution in [1.82, 2.24) is 0 Å². The molecule has 0 unspecified atom stereocenters. The Morgan fingerprint density at radius 3 is 2.43 bits per heavy atom. The molecule has 3 heteroatoms. The molecule has 0 atom stereocenters. The molecule has 0 saturated heterocycles. The Morgan fingerprint density at radius 1 is 1.19 bits per heavy atom. The Labute approximate surface area is 130 Å². The number of ether oxygens (including phenoxy) is 1. The molecular formula is C18H18ClNO. The molecule has 0 saturated carbocycles. The number of benzene rings is 2. The van der Waals surface area contributed by atoms with E-state index in [2.05, 4.69) is 6.58 Å². The minimum atomic E-state index is 0.590. The summed E-state index contributed by atoms with van der Waals surface area (Å²) in [5, 5.41) is 0.597. The highest BCUT2D eigenvalue weighted by Gasteiger charge is 2.08. The molecule has 2 rings (SSSR count). The summed E-state index contributed by atoms with van der Waals surface area (Å²) in [5.74, 6) is 0.693. The van der Waals surface area contributed by atoms with E-state index in [1.165, 1.54) is 0 Å². The van der Waals surface area contributed by atoms with Gasteiger partial charge in [-0.05, 0) is 47.9 Å². The summed E-state index contributed by atoms with van der Waals surface area (Å²) in [5.41, 5.74) is 9.58. The van der Waals surface area contributed by atoms with E-state index in [1.807, 2.05) is 55.5 Å². The summed E-state index contributed by atoms with van der Waals surface area (Å²) in [4.78, 5) is 0. The van der Waals surface area contributed by atoms with E-state index in [4.69, 9.17) is 22.1 Å². The van der Waals surface area contributed by atoms with Crippen molar-refractivity contribution in [2.24, 2.45) is 0 Å². The van der Waals surface area contributed by atoms with E-state index >= 15 is 0 Å². The summed E-state index contributed by atoms with van der Waals surface area (Å²) in [6.07, 6.45) is 3.72. The molecule has 21 heavy (non-hydrogen) atoms. The largest absolute Gasteiger partial charge is 0.492 e. The molecule has 0 radical (unpaired) electrons. The van der Waals surface area contributed by atoms with E-state index in [1.54, 1.807) is 6.08 Å². The molecule has 2 aromatic rings. The lowest BCUT2D eigenvalue weighted by Gasteiger charge is -2.11. The first-order valence-electron chi connectivity index (χ1n) is 6.77. The van der Waals surface area contributed by atoms with Crippen molar-refractivity contribution in [3.8, 4) is 5.75 Å². The van der Waals surface area contributed by atoms with Crippen molar-refractivity contribution in [2.45, 2.75) is 6.92 Å². The third-order valence-electron chi connectivity index (χ3n) is 3.05. The zero-order valence-corrected chi connectivity index (χ0v) is 12.7. The Morgan fingerprint density at radius 2 is 1.86 bits per heavy atom. The number of allylic oxidation sites excluding steroid dienone is 2. The number of halogens is 1. The van der Waals surface area contributed by atoms with Gasteiger partial charge in [-0.2, -0.15) is 0 Å². The zero-order valence-electron chi connectivity index (χ0n) is 12.0. The number of nitrogen functional groups attached to an aromatic ring is 1. The van der Waals surface area contributed by atoms with Crippen molar-refractivity contribution < 1.29 is 4.74 Å². The van der Waals surface area contributed by atoms with E-state index in [0.717, 1.165) is 22.4 Å². The molecule has 0 amide bonds. The van der Waals surface area contributed by atoms with Gasteiger partial charge in [-0.1, -0.05) is 48.5 Å². The van der Waals surface area contributed by atoms with E-state index in [0.29, 0.717) is 17.4 Å². The normalized spacial score (nSPS) is 11.2. The molecule has 0 bridgehead atoms. The van der Waals surface area contributed by atoms with Crippen LogP contribution >= 0.6 is 11.6 Å². The number of hydrogen-bond donors (Lipinski definition) is 1. The van der Waals surface area contributed by atoms with Crippen LogP contribution in [0.3, 0.4) is 0 Å². The Balaban J connectivity index is 2.44. The van der Waals surface area contributed by atoms with Crippen LogP contribution in [0, 0.1) is 0 Å². The van der Waals surface area contributed by atoms with Gasteiger partial charge in [0.05, 0.1) is 11.6 Å². The van der Waals surface area contributed by atoms with E-state index in [9.17, 15) is 0 Å². The van der Waals surface area contributed by atoms with Crippen LogP contribution in [0.25, 0.3) is 5.57 Å². The van der Waals surface area contributed by atoms with E-state index < -0.39 is 0 Å². The van der Waals surface area contributed by atoms with Crippen LogP contribution in [-0.2, 0) is 0 Å². The maximum Gasteiger partial charge on any atom is 0.137 e. The lowest BCUT2D eigenvalue weighted by molar-refractivity contribution is 0.340. The molecular weight excluding hydrogens is 282 g/mol. The molecule has 108 valence electrons. The second-order valence-electron chi connectivity index (χ2n) is 4.52. The van der Waals surface area contributed by atoms with Crippen LogP contribution < -0.4 is 10.5 Å². The molecule has 2 nitrogen and oxygen atoms in total. The molecule has 0 aliphatic carbocycles. The number of hydrogen-bond acceptors (Lipinski definition) is 2. The van der Waals surface area contributed by atoms with Gasteiger partial charge < -0.3 is 10.5 Å². The number of nitrogens with two attached hydrogens (primary N) is 1.